The molecule has 3 aromatic rings. The minimum absolute atomic E-state index is 0.110. The minimum Gasteiger partial charge on any atom is -0.507 e. The first-order chi connectivity index (χ1) is 11.9. The third-order valence-electron chi connectivity index (χ3n) is 3.14. The van der Waals surface area contributed by atoms with Crippen LogP contribution in [0.3, 0.4) is 0 Å². The van der Waals surface area contributed by atoms with Gasteiger partial charge >= 0.3 is 0 Å². The van der Waals surface area contributed by atoms with Gasteiger partial charge < -0.3 is 5.11 Å². The van der Waals surface area contributed by atoms with Gasteiger partial charge in [0.15, 0.2) is 5.13 Å². The fourth-order valence-corrected chi connectivity index (χ4v) is 4.10. The summed E-state index contributed by atoms with van der Waals surface area (Å²) >= 11 is 4.53. The predicted octanol–water partition coefficient (Wildman–Crippen LogP) is 4.16. The number of phenolic OH excluding ortho intramolecular Hbond substituents is 1. The lowest BCUT2D eigenvalue weighted by atomic mass is 10.2. The number of hydrogen-bond donors (Lipinski definition) is 2. The van der Waals surface area contributed by atoms with Crippen LogP contribution in [0.25, 0.3) is 0 Å². The maximum absolute atomic E-state index is 12.3. The number of benzene rings is 2. The zero-order chi connectivity index (χ0) is 17.9. The maximum atomic E-state index is 12.3. The van der Waals surface area contributed by atoms with Crippen LogP contribution in [0.1, 0.15) is 5.56 Å². The Balaban J connectivity index is 1.78. The van der Waals surface area contributed by atoms with Crippen molar-refractivity contribution in [2.45, 2.75) is 4.90 Å². The van der Waals surface area contributed by atoms with Gasteiger partial charge in [0.05, 0.1) is 10.6 Å². The molecule has 0 unspecified atom stereocenters. The molecule has 0 saturated heterocycles. The molecule has 2 aromatic carbocycles. The van der Waals surface area contributed by atoms with Crippen LogP contribution >= 0.6 is 27.3 Å². The van der Waals surface area contributed by atoms with E-state index in [1.54, 1.807) is 35.7 Å². The van der Waals surface area contributed by atoms with Crippen molar-refractivity contribution in [1.29, 1.82) is 0 Å². The monoisotopic (exact) mass is 437 g/mol. The summed E-state index contributed by atoms with van der Waals surface area (Å²) in [6.07, 6.45) is 3.04. The van der Waals surface area contributed by atoms with Crippen molar-refractivity contribution in [3.63, 3.8) is 0 Å². The van der Waals surface area contributed by atoms with Crippen LogP contribution < -0.4 is 4.72 Å². The number of aromatic nitrogens is 1. The van der Waals surface area contributed by atoms with E-state index in [1.807, 2.05) is 0 Å². The average molecular weight is 438 g/mol. The molecule has 0 fully saturated rings. The molecule has 1 heterocycles. The Bertz CT molecular complexity index is 1000. The Hall–Kier alpha value is -2.23. The smallest absolute Gasteiger partial charge is 0.263 e. The van der Waals surface area contributed by atoms with E-state index in [4.69, 9.17) is 0 Å². The molecule has 0 aliphatic heterocycles. The fourth-order valence-electron chi connectivity index (χ4n) is 1.93. The predicted molar refractivity (Wildman–Crippen MR) is 102 cm³/mol. The highest BCUT2D eigenvalue weighted by molar-refractivity contribution is 9.10. The summed E-state index contributed by atoms with van der Waals surface area (Å²) in [4.78, 5) is 8.26. The second kappa shape index (κ2) is 7.34. The number of aromatic hydroxyl groups is 1. The van der Waals surface area contributed by atoms with Gasteiger partial charge in [0, 0.05) is 27.8 Å². The van der Waals surface area contributed by atoms with Gasteiger partial charge in [-0.15, -0.1) is 11.3 Å². The lowest BCUT2D eigenvalue weighted by Gasteiger charge is -2.05. The van der Waals surface area contributed by atoms with Crippen molar-refractivity contribution < 1.29 is 13.5 Å². The molecule has 9 heteroatoms. The Labute approximate surface area is 157 Å². The van der Waals surface area contributed by atoms with Gasteiger partial charge in [-0.2, -0.15) is 0 Å². The zero-order valence-corrected chi connectivity index (χ0v) is 15.8. The number of rotatable bonds is 5. The SMILES string of the molecule is O=S(=O)(Nc1nccs1)c1ccc(N=Cc2cc(Br)ccc2O)cc1. The molecule has 6 nitrogen and oxygen atoms in total. The molecule has 1 aromatic heterocycles. The van der Waals surface area contributed by atoms with E-state index in [9.17, 15) is 13.5 Å². The molecule has 0 spiro atoms. The number of halogens is 1. The molecule has 0 bridgehead atoms. The van der Waals surface area contributed by atoms with E-state index in [0.29, 0.717) is 16.4 Å². The number of aliphatic imine (C=N–C) groups is 1. The second-order valence-electron chi connectivity index (χ2n) is 4.90. The van der Waals surface area contributed by atoms with Crippen molar-refractivity contribution >= 4 is 54.3 Å². The Morgan fingerprint density at radius 1 is 1.20 bits per heavy atom. The number of hydrogen-bond acceptors (Lipinski definition) is 6. The van der Waals surface area contributed by atoms with Crippen LogP contribution in [0.15, 0.2) is 68.4 Å². The molecule has 0 radical (unpaired) electrons. The highest BCUT2D eigenvalue weighted by atomic mass is 79.9. The first kappa shape index (κ1) is 17.6. The van der Waals surface area contributed by atoms with E-state index < -0.39 is 10.0 Å². The summed E-state index contributed by atoms with van der Waals surface area (Å²) < 4.78 is 27.7. The number of sulfonamides is 1. The molecular weight excluding hydrogens is 426 g/mol. The summed E-state index contributed by atoms with van der Waals surface area (Å²) in [6, 6.07) is 11.1. The van der Waals surface area contributed by atoms with E-state index in [1.165, 1.54) is 35.9 Å². The van der Waals surface area contributed by atoms with Gasteiger partial charge in [-0.05, 0) is 42.5 Å². The van der Waals surface area contributed by atoms with Crippen LogP contribution in [-0.4, -0.2) is 24.7 Å². The molecule has 2 N–H and O–H groups in total. The Morgan fingerprint density at radius 3 is 2.64 bits per heavy atom. The van der Waals surface area contributed by atoms with Gasteiger partial charge in [-0.25, -0.2) is 13.4 Å². The van der Waals surface area contributed by atoms with Gasteiger partial charge in [0.25, 0.3) is 10.0 Å². The summed E-state index contributed by atoms with van der Waals surface area (Å²) in [5.74, 6) is 0.110. The lowest BCUT2D eigenvalue weighted by molar-refractivity contribution is 0.474. The zero-order valence-electron chi connectivity index (χ0n) is 12.6. The largest absolute Gasteiger partial charge is 0.507 e. The van der Waals surface area contributed by atoms with Crippen LogP contribution in [0, 0.1) is 0 Å². The van der Waals surface area contributed by atoms with E-state index in [2.05, 4.69) is 30.6 Å². The van der Waals surface area contributed by atoms with Gasteiger partial charge in [-0.3, -0.25) is 9.71 Å². The molecule has 0 saturated carbocycles. The highest BCUT2D eigenvalue weighted by Crippen LogP contribution is 2.23. The van der Waals surface area contributed by atoms with Crippen molar-refractivity contribution in [1.82, 2.24) is 4.98 Å². The molecule has 25 heavy (non-hydrogen) atoms. The summed E-state index contributed by atoms with van der Waals surface area (Å²) in [5.41, 5.74) is 1.11. The van der Waals surface area contributed by atoms with Gasteiger partial charge in [0.2, 0.25) is 0 Å². The first-order valence-corrected chi connectivity index (χ1v) is 10.1. The average Bonchev–Trinajstić information content (AvgIpc) is 3.08. The van der Waals surface area contributed by atoms with E-state index in [0.717, 1.165) is 4.47 Å². The number of nitrogens with one attached hydrogen (secondary N) is 1. The number of thiazole rings is 1. The topological polar surface area (TPSA) is 91.7 Å². The molecule has 128 valence electrons. The number of nitrogens with zero attached hydrogens (tertiary/aromatic N) is 2. The number of phenols is 1. The highest BCUT2D eigenvalue weighted by Gasteiger charge is 2.15. The summed E-state index contributed by atoms with van der Waals surface area (Å²) in [7, 11) is -3.68. The quantitative estimate of drug-likeness (QED) is 0.586. The molecule has 0 aliphatic carbocycles. The molecule has 0 atom stereocenters. The van der Waals surface area contributed by atoms with Crippen molar-refractivity contribution in [3.05, 3.63) is 64.1 Å². The Kier molecular flexibility index (Phi) is 5.16. The minimum atomic E-state index is -3.68. The van der Waals surface area contributed by atoms with Crippen LogP contribution in [-0.2, 0) is 10.0 Å². The first-order valence-electron chi connectivity index (χ1n) is 6.99. The molecule has 0 amide bonds. The lowest BCUT2D eigenvalue weighted by Crippen LogP contribution is -2.12. The van der Waals surface area contributed by atoms with Crippen LogP contribution in [0.4, 0.5) is 10.8 Å². The fraction of sp³-hybridized carbons (Fsp3) is 0. The van der Waals surface area contributed by atoms with Crippen molar-refractivity contribution in [3.8, 4) is 5.75 Å². The van der Waals surface area contributed by atoms with Gasteiger partial charge in [0.1, 0.15) is 5.75 Å². The maximum Gasteiger partial charge on any atom is 0.263 e. The van der Waals surface area contributed by atoms with Gasteiger partial charge in [-0.1, -0.05) is 15.9 Å². The van der Waals surface area contributed by atoms with E-state index >= 15 is 0 Å². The van der Waals surface area contributed by atoms with Crippen molar-refractivity contribution in [2.24, 2.45) is 4.99 Å². The van der Waals surface area contributed by atoms with Crippen LogP contribution in [0.2, 0.25) is 0 Å². The molecule has 0 aliphatic rings. The normalized spacial score (nSPS) is 11.7. The van der Waals surface area contributed by atoms with E-state index in [-0.39, 0.29) is 10.6 Å². The standard InChI is InChI=1S/C16H12BrN3O3S2/c17-12-1-6-15(21)11(9-12)10-19-13-2-4-14(5-3-13)25(22,23)20-16-18-7-8-24-16/h1-10,21H,(H,18,20). The molecular formula is C16H12BrN3O3S2. The molecule has 3 rings (SSSR count). The summed E-state index contributed by atoms with van der Waals surface area (Å²) in [5, 5.41) is 11.8. The summed E-state index contributed by atoms with van der Waals surface area (Å²) in [6.45, 7) is 0. The third-order valence-corrected chi connectivity index (χ3v) is 5.81. The number of anilines is 1. The van der Waals surface area contributed by atoms with Crippen molar-refractivity contribution in [2.75, 3.05) is 4.72 Å². The Morgan fingerprint density at radius 2 is 1.96 bits per heavy atom. The third kappa shape index (κ3) is 4.44. The second-order valence-corrected chi connectivity index (χ2v) is 8.39. The van der Waals surface area contributed by atoms with Crippen LogP contribution in [0.5, 0.6) is 5.75 Å².